The van der Waals surface area contributed by atoms with Crippen LogP contribution in [0.5, 0.6) is 0 Å². The highest BCUT2D eigenvalue weighted by atomic mass is 19.1. The normalized spacial score (nSPS) is 12.7. The molecule has 0 saturated heterocycles. The lowest BCUT2D eigenvalue weighted by Crippen LogP contribution is -2.33. The molecule has 1 N–H and O–H groups in total. The fraction of sp³-hybridized carbons (Fsp3) is 0.286. The number of carbonyl (C=O) groups is 1. The van der Waals surface area contributed by atoms with E-state index in [2.05, 4.69) is 15.3 Å². The molecule has 0 saturated carbocycles. The first kappa shape index (κ1) is 20.6. The zero-order valence-electron chi connectivity index (χ0n) is 17.1. The highest BCUT2D eigenvalue weighted by molar-refractivity contribution is 5.84. The molecule has 0 bridgehead atoms. The van der Waals surface area contributed by atoms with Gasteiger partial charge in [0.2, 0.25) is 0 Å². The molecule has 3 aromatic heterocycles. The summed E-state index contributed by atoms with van der Waals surface area (Å²) in [6.45, 7) is 3.62. The summed E-state index contributed by atoms with van der Waals surface area (Å²) in [6, 6.07) is 6.44. The summed E-state index contributed by atoms with van der Waals surface area (Å²) in [5, 5.41) is 22.4. The van der Waals surface area contributed by atoms with Gasteiger partial charge in [0, 0.05) is 13.3 Å². The Hall–Kier alpha value is -3.66. The monoisotopic (exact) mass is 425 g/mol. The van der Waals surface area contributed by atoms with E-state index in [9.17, 15) is 19.1 Å². The standard InChI is InChI=1S/C21H20FN5O4/c1-11(2)18(21(29)30)26-9-8-15-17(20(26)28)23-24-19-16(12-4-6-13(22)7-5-12)14(10-31-3)25-27(15)19/h4-9,11,18H,10H2,1-3H3,(H,29,30)/t18-/m1/s1. The van der Waals surface area contributed by atoms with Crippen LogP contribution >= 0.6 is 0 Å². The fourth-order valence-corrected chi connectivity index (χ4v) is 3.70. The molecule has 1 aromatic carbocycles. The second kappa shape index (κ2) is 7.88. The molecule has 0 unspecified atom stereocenters. The van der Waals surface area contributed by atoms with Gasteiger partial charge in [-0.05, 0) is 29.7 Å². The maximum absolute atomic E-state index is 13.4. The van der Waals surface area contributed by atoms with Crippen molar-refractivity contribution in [2.75, 3.05) is 7.11 Å². The highest BCUT2D eigenvalue weighted by Crippen LogP contribution is 2.29. The molecule has 160 valence electrons. The van der Waals surface area contributed by atoms with Crippen molar-refractivity contribution in [3.05, 3.63) is 58.4 Å². The van der Waals surface area contributed by atoms with E-state index >= 15 is 0 Å². The van der Waals surface area contributed by atoms with E-state index < -0.39 is 17.6 Å². The van der Waals surface area contributed by atoms with Gasteiger partial charge in [0.15, 0.2) is 11.2 Å². The highest BCUT2D eigenvalue weighted by Gasteiger charge is 2.26. The van der Waals surface area contributed by atoms with Crippen LogP contribution in [-0.4, -0.2) is 42.6 Å². The molecule has 4 aromatic rings. The first-order chi connectivity index (χ1) is 14.8. The lowest BCUT2D eigenvalue weighted by molar-refractivity contribution is -0.142. The number of nitrogens with zero attached hydrogens (tertiary/aromatic N) is 5. The van der Waals surface area contributed by atoms with E-state index in [0.717, 1.165) is 4.57 Å². The number of carboxylic acid groups (broad SMARTS) is 1. The van der Waals surface area contributed by atoms with Crippen molar-refractivity contribution in [1.82, 2.24) is 24.4 Å². The van der Waals surface area contributed by atoms with E-state index in [0.29, 0.717) is 28.0 Å². The molecule has 1 atom stereocenters. The SMILES string of the molecule is COCc1nn2c(nnc3c(=O)n([C@@H](C(=O)O)C(C)C)ccc32)c1-c1ccc(F)cc1. The predicted octanol–water partition coefficient (Wildman–Crippen LogP) is 2.67. The van der Waals surface area contributed by atoms with Crippen molar-refractivity contribution in [1.29, 1.82) is 0 Å². The zero-order valence-corrected chi connectivity index (χ0v) is 17.1. The smallest absolute Gasteiger partial charge is 0.327 e. The second-order valence-corrected chi connectivity index (χ2v) is 7.49. The van der Waals surface area contributed by atoms with Crippen LogP contribution in [0.1, 0.15) is 25.6 Å². The minimum Gasteiger partial charge on any atom is -0.480 e. The number of benzene rings is 1. The number of ether oxygens (including phenoxy) is 1. The number of rotatable bonds is 6. The Labute approximate surface area is 175 Å². The quantitative estimate of drug-likeness (QED) is 0.505. The number of fused-ring (bicyclic) bond motifs is 3. The molecular weight excluding hydrogens is 405 g/mol. The van der Waals surface area contributed by atoms with E-state index in [4.69, 9.17) is 4.74 Å². The number of pyridine rings is 1. The molecule has 0 aliphatic rings. The van der Waals surface area contributed by atoms with Gasteiger partial charge in [-0.3, -0.25) is 9.36 Å². The van der Waals surface area contributed by atoms with Crippen LogP contribution in [0.15, 0.2) is 41.3 Å². The van der Waals surface area contributed by atoms with Crippen molar-refractivity contribution in [3.63, 3.8) is 0 Å². The Bertz CT molecular complexity index is 1340. The second-order valence-electron chi connectivity index (χ2n) is 7.49. The molecule has 4 rings (SSSR count). The molecule has 3 heterocycles. The predicted molar refractivity (Wildman–Crippen MR) is 110 cm³/mol. The van der Waals surface area contributed by atoms with Crippen LogP contribution in [0.3, 0.4) is 0 Å². The van der Waals surface area contributed by atoms with Crippen LogP contribution < -0.4 is 5.56 Å². The topological polar surface area (TPSA) is 112 Å². The summed E-state index contributed by atoms with van der Waals surface area (Å²) in [5.74, 6) is -1.79. The zero-order chi connectivity index (χ0) is 22.3. The first-order valence-corrected chi connectivity index (χ1v) is 9.60. The molecule has 0 aliphatic carbocycles. The van der Waals surface area contributed by atoms with Crippen molar-refractivity contribution >= 4 is 22.6 Å². The van der Waals surface area contributed by atoms with Crippen LogP contribution in [0, 0.1) is 11.7 Å². The first-order valence-electron chi connectivity index (χ1n) is 9.60. The van der Waals surface area contributed by atoms with Crippen LogP contribution in [0.2, 0.25) is 0 Å². The maximum atomic E-state index is 13.4. The third-order valence-electron chi connectivity index (χ3n) is 5.08. The minimum atomic E-state index is -1.11. The third kappa shape index (κ3) is 3.44. The number of carboxylic acids is 1. The molecule has 0 spiro atoms. The van der Waals surface area contributed by atoms with Crippen LogP contribution in [0.4, 0.5) is 4.39 Å². The summed E-state index contributed by atoms with van der Waals surface area (Å²) in [4.78, 5) is 24.7. The minimum absolute atomic E-state index is 0.000905. The summed E-state index contributed by atoms with van der Waals surface area (Å²) in [5.41, 5.74) is 2.03. The number of halogens is 1. The van der Waals surface area contributed by atoms with E-state index in [1.807, 2.05) is 0 Å². The molecule has 10 heteroatoms. The molecule has 0 aliphatic heterocycles. The fourth-order valence-electron chi connectivity index (χ4n) is 3.70. The Morgan fingerprint density at radius 1 is 1.19 bits per heavy atom. The summed E-state index contributed by atoms with van der Waals surface area (Å²) in [7, 11) is 1.53. The van der Waals surface area contributed by atoms with Crippen molar-refractivity contribution in [3.8, 4) is 11.1 Å². The van der Waals surface area contributed by atoms with Gasteiger partial charge in [-0.2, -0.15) is 5.10 Å². The van der Waals surface area contributed by atoms with Gasteiger partial charge in [0.05, 0.1) is 17.9 Å². The Balaban J connectivity index is 1.99. The van der Waals surface area contributed by atoms with Gasteiger partial charge in [-0.25, -0.2) is 13.7 Å². The average molecular weight is 425 g/mol. The summed E-state index contributed by atoms with van der Waals surface area (Å²) < 4.78 is 21.3. The summed E-state index contributed by atoms with van der Waals surface area (Å²) in [6.07, 6.45) is 1.43. The van der Waals surface area contributed by atoms with Gasteiger partial charge in [-0.1, -0.05) is 26.0 Å². The van der Waals surface area contributed by atoms with Crippen molar-refractivity contribution < 1.29 is 19.0 Å². The number of methoxy groups -OCH3 is 1. The number of aliphatic carboxylic acids is 1. The van der Waals surface area contributed by atoms with Gasteiger partial charge in [-0.15, -0.1) is 10.2 Å². The largest absolute Gasteiger partial charge is 0.480 e. The van der Waals surface area contributed by atoms with Crippen molar-refractivity contribution in [2.24, 2.45) is 5.92 Å². The number of hydrogen-bond acceptors (Lipinski definition) is 6. The lowest BCUT2D eigenvalue weighted by atomic mass is 10.0. The molecule has 9 nitrogen and oxygen atoms in total. The average Bonchev–Trinajstić information content (AvgIpc) is 3.08. The number of hydrogen-bond donors (Lipinski definition) is 1. The molecule has 31 heavy (non-hydrogen) atoms. The third-order valence-corrected chi connectivity index (χ3v) is 5.08. The van der Waals surface area contributed by atoms with E-state index in [-0.39, 0.29) is 23.9 Å². The Kier molecular flexibility index (Phi) is 5.24. The van der Waals surface area contributed by atoms with Gasteiger partial charge >= 0.3 is 5.97 Å². The maximum Gasteiger partial charge on any atom is 0.327 e. The Morgan fingerprint density at radius 3 is 2.52 bits per heavy atom. The van der Waals surface area contributed by atoms with E-state index in [1.54, 1.807) is 32.0 Å². The Morgan fingerprint density at radius 2 is 1.90 bits per heavy atom. The summed E-state index contributed by atoms with van der Waals surface area (Å²) >= 11 is 0. The van der Waals surface area contributed by atoms with Crippen LogP contribution in [-0.2, 0) is 16.1 Å². The molecule has 0 radical (unpaired) electrons. The molecule has 0 amide bonds. The van der Waals surface area contributed by atoms with Gasteiger partial charge in [0.1, 0.15) is 17.4 Å². The number of aromatic nitrogens is 5. The molecule has 0 fully saturated rings. The van der Waals surface area contributed by atoms with Crippen LogP contribution in [0.25, 0.3) is 27.8 Å². The lowest BCUT2D eigenvalue weighted by Gasteiger charge is -2.19. The molecular formula is C21H20FN5O4. The van der Waals surface area contributed by atoms with Crippen molar-refractivity contribution in [2.45, 2.75) is 26.5 Å². The van der Waals surface area contributed by atoms with Gasteiger partial charge in [0.25, 0.3) is 5.56 Å². The van der Waals surface area contributed by atoms with Gasteiger partial charge < -0.3 is 9.84 Å². The van der Waals surface area contributed by atoms with E-state index in [1.165, 1.54) is 30.0 Å².